The number of hydrogen-bond acceptors (Lipinski definition) is 1. The van der Waals surface area contributed by atoms with Gasteiger partial charge in [-0.05, 0) is 11.8 Å². The molecule has 0 bridgehead atoms. The smallest absolute Gasteiger partial charge is 0.325 e. The molecular formula is C8H15ClO2. The van der Waals surface area contributed by atoms with Gasteiger partial charge in [0.25, 0.3) is 0 Å². The zero-order valence-electron chi connectivity index (χ0n) is 7.44. The van der Waals surface area contributed by atoms with Crippen LogP contribution in [0.2, 0.25) is 0 Å². The second-order valence-corrected chi connectivity index (χ2v) is 4.36. The molecule has 1 atom stereocenters. The second-order valence-electron chi connectivity index (χ2n) is 3.71. The Balaban J connectivity index is 4.75. The Morgan fingerprint density at radius 2 is 1.82 bits per heavy atom. The fourth-order valence-electron chi connectivity index (χ4n) is 1.00. The highest BCUT2D eigenvalue weighted by Gasteiger charge is 2.45. The largest absolute Gasteiger partial charge is 0.480 e. The van der Waals surface area contributed by atoms with Gasteiger partial charge >= 0.3 is 5.97 Å². The fraction of sp³-hybridized carbons (Fsp3) is 0.875. The van der Waals surface area contributed by atoms with Gasteiger partial charge in [0.1, 0.15) is 4.87 Å². The zero-order valence-corrected chi connectivity index (χ0v) is 8.20. The first-order chi connectivity index (χ1) is 4.75. The molecule has 0 aliphatic carbocycles. The number of carbonyl (C=O) groups is 1. The molecule has 0 saturated carbocycles. The van der Waals surface area contributed by atoms with Crippen molar-refractivity contribution in [3.63, 3.8) is 0 Å². The molecule has 0 amide bonds. The molecule has 0 heterocycles. The number of alkyl halides is 1. The van der Waals surface area contributed by atoms with Crippen LogP contribution >= 0.6 is 11.6 Å². The molecule has 0 aliphatic rings. The summed E-state index contributed by atoms with van der Waals surface area (Å²) in [5.41, 5.74) is -0.408. The summed E-state index contributed by atoms with van der Waals surface area (Å²) in [5, 5.41) is 8.84. The Morgan fingerprint density at radius 1 is 1.45 bits per heavy atom. The normalized spacial score (nSPS) is 17.5. The highest BCUT2D eigenvalue weighted by Crippen LogP contribution is 2.39. The summed E-state index contributed by atoms with van der Waals surface area (Å²) in [7, 11) is 0. The van der Waals surface area contributed by atoms with Crippen molar-refractivity contribution in [1.29, 1.82) is 0 Å². The maximum atomic E-state index is 10.8. The molecule has 3 heteroatoms. The van der Waals surface area contributed by atoms with Crippen LogP contribution in [0.15, 0.2) is 0 Å². The lowest BCUT2D eigenvalue weighted by atomic mass is 9.78. The van der Waals surface area contributed by atoms with Gasteiger partial charge in [-0.3, -0.25) is 4.79 Å². The minimum atomic E-state index is -1.13. The molecule has 2 nitrogen and oxygen atoms in total. The summed E-state index contributed by atoms with van der Waals surface area (Å²) in [6, 6.07) is 0. The highest BCUT2D eigenvalue weighted by atomic mass is 35.5. The maximum Gasteiger partial charge on any atom is 0.325 e. The van der Waals surface area contributed by atoms with Gasteiger partial charge in [-0.2, -0.15) is 0 Å². The maximum absolute atomic E-state index is 10.8. The van der Waals surface area contributed by atoms with Crippen molar-refractivity contribution >= 4 is 17.6 Å². The predicted octanol–water partition coefficient (Wildman–Crippen LogP) is 2.50. The van der Waals surface area contributed by atoms with Gasteiger partial charge in [0.2, 0.25) is 0 Å². The molecule has 0 spiro atoms. The van der Waals surface area contributed by atoms with Crippen LogP contribution in [0.5, 0.6) is 0 Å². The molecule has 0 aromatic rings. The zero-order chi connectivity index (χ0) is 9.28. The van der Waals surface area contributed by atoms with Gasteiger partial charge in [0, 0.05) is 0 Å². The molecule has 0 aromatic heterocycles. The van der Waals surface area contributed by atoms with E-state index in [-0.39, 0.29) is 0 Å². The van der Waals surface area contributed by atoms with E-state index in [9.17, 15) is 4.79 Å². The van der Waals surface area contributed by atoms with Gasteiger partial charge < -0.3 is 5.11 Å². The summed E-state index contributed by atoms with van der Waals surface area (Å²) in [6.07, 6.45) is 0.438. The van der Waals surface area contributed by atoms with E-state index >= 15 is 0 Å². The predicted molar refractivity (Wildman–Crippen MR) is 46.0 cm³/mol. The van der Waals surface area contributed by atoms with Crippen LogP contribution in [0.25, 0.3) is 0 Å². The van der Waals surface area contributed by atoms with Gasteiger partial charge in [0.15, 0.2) is 0 Å². The SMILES string of the molecule is CCC(Cl)(C(=O)O)C(C)(C)C. The molecule has 0 aromatic carbocycles. The van der Waals surface area contributed by atoms with Crippen molar-refractivity contribution in [2.75, 3.05) is 0 Å². The first-order valence-corrected chi connectivity index (χ1v) is 4.06. The Labute approximate surface area is 72.6 Å². The average molecular weight is 179 g/mol. The topological polar surface area (TPSA) is 37.3 Å². The van der Waals surface area contributed by atoms with E-state index < -0.39 is 16.3 Å². The van der Waals surface area contributed by atoms with E-state index in [0.29, 0.717) is 6.42 Å². The van der Waals surface area contributed by atoms with Gasteiger partial charge in [-0.25, -0.2) is 0 Å². The Bertz CT molecular complexity index is 160. The van der Waals surface area contributed by atoms with E-state index in [1.54, 1.807) is 6.92 Å². The van der Waals surface area contributed by atoms with Gasteiger partial charge in [0.05, 0.1) is 0 Å². The molecule has 0 aliphatic heterocycles. The van der Waals surface area contributed by atoms with Crippen LogP contribution in [0, 0.1) is 5.41 Å². The molecule has 1 N–H and O–H groups in total. The Morgan fingerprint density at radius 3 is 1.82 bits per heavy atom. The first-order valence-electron chi connectivity index (χ1n) is 3.68. The van der Waals surface area contributed by atoms with Crippen molar-refractivity contribution in [1.82, 2.24) is 0 Å². The monoisotopic (exact) mass is 178 g/mol. The van der Waals surface area contributed by atoms with Crippen molar-refractivity contribution in [2.45, 2.75) is 39.0 Å². The van der Waals surface area contributed by atoms with Crippen LogP contribution in [0.1, 0.15) is 34.1 Å². The van der Waals surface area contributed by atoms with E-state index in [4.69, 9.17) is 16.7 Å². The van der Waals surface area contributed by atoms with E-state index in [2.05, 4.69) is 0 Å². The molecule has 0 rings (SSSR count). The van der Waals surface area contributed by atoms with Gasteiger partial charge in [-0.1, -0.05) is 27.7 Å². The third kappa shape index (κ3) is 1.86. The molecule has 1 unspecified atom stereocenters. The fourth-order valence-corrected chi connectivity index (χ4v) is 1.00. The van der Waals surface area contributed by atoms with Crippen molar-refractivity contribution < 1.29 is 9.90 Å². The third-order valence-electron chi connectivity index (χ3n) is 2.01. The first kappa shape index (κ1) is 10.8. The number of carboxylic acid groups (broad SMARTS) is 1. The quantitative estimate of drug-likeness (QED) is 0.660. The summed E-state index contributed by atoms with van der Waals surface area (Å²) in [4.78, 5) is 9.64. The van der Waals surface area contributed by atoms with Crippen molar-refractivity contribution in [2.24, 2.45) is 5.41 Å². The number of hydrogen-bond donors (Lipinski definition) is 1. The van der Waals surface area contributed by atoms with Crippen LogP contribution in [-0.2, 0) is 4.79 Å². The van der Waals surface area contributed by atoms with Crippen LogP contribution in [-0.4, -0.2) is 16.0 Å². The Hall–Kier alpha value is -0.240. The van der Waals surface area contributed by atoms with E-state index in [1.807, 2.05) is 20.8 Å². The molecule has 11 heavy (non-hydrogen) atoms. The molecule has 0 saturated heterocycles. The van der Waals surface area contributed by atoms with Crippen LogP contribution < -0.4 is 0 Å². The molecular weight excluding hydrogens is 164 g/mol. The number of halogens is 1. The summed E-state index contributed by atoms with van der Waals surface area (Å²) in [5.74, 6) is -0.936. The lowest BCUT2D eigenvalue weighted by molar-refractivity contribution is -0.143. The molecule has 0 fully saturated rings. The average Bonchev–Trinajstić information content (AvgIpc) is 1.83. The van der Waals surface area contributed by atoms with Crippen molar-refractivity contribution in [3.8, 4) is 0 Å². The number of aliphatic carboxylic acids is 1. The lowest BCUT2D eigenvalue weighted by Crippen LogP contribution is -2.44. The number of carboxylic acids is 1. The summed E-state index contributed by atoms with van der Waals surface area (Å²) < 4.78 is 0. The van der Waals surface area contributed by atoms with E-state index in [1.165, 1.54) is 0 Å². The second kappa shape index (κ2) is 3.02. The van der Waals surface area contributed by atoms with Gasteiger partial charge in [-0.15, -0.1) is 11.6 Å². The number of rotatable bonds is 2. The minimum Gasteiger partial charge on any atom is -0.480 e. The summed E-state index contributed by atoms with van der Waals surface area (Å²) in [6.45, 7) is 7.28. The Kier molecular flexibility index (Phi) is 2.95. The molecule has 66 valence electrons. The summed E-state index contributed by atoms with van der Waals surface area (Å²) >= 11 is 5.94. The van der Waals surface area contributed by atoms with Crippen LogP contribution in [0.4, 0.5) is 0 Å². The van der Waals surface area contributed by atoms with Crippen molar-refractivity contribution in [3.05, 3.63) is 0 Å². The highest BCUT2D eigenvalue weighted by molar-refractivity contribution is 6.34. The standard InChI is InChI=1S/C8H15ClO2/c1-5-8(9,6(10)11)7(2,3)4/h5H2,1-4H3,(H,10,11). The lowest BCUT2D eigenvalue weighted by Gasteiger charge is -2.34. The van der Waals surface area contributed by atoms with Crippen LogP contribution in [0.3, 0.4) is 0 Å². The minimum absolute atomic E-state index is 0.408. The van der Waals surface area contributed by atoms with E-state index in [0.717, 1.165) is 0 Å². The third-order valence-corrected chi connectivity index (χ3v) is 3.01. The molecule has 0 radical (unpaired) electrons.